The Bertz CT molecular complexity index is 349. The normalized spacial score (nSPS) is 9.89. The quantitative estimate of drug-likeness (QED) is 0.722. The predicted octanol–water partition coefficient (Wildman–Crippen LogP) is 3.86. The fraction of sp³-hybridized carbons (Fsp3) is 0.500. The van der Waals surface area contributed by atoms with Gasteiger partial charge in [-0.05, 0) is 37.6 Å². The van der Waals surface area contributed by atoms with Gasteiger partial charge in [0.15, 0.2) is 0 Å². The van der Waals surface area contributed by atoms with Crippen molar-refractivity contribution in [2.75, 3.05) is 23.8 Å². The minimum absolute atomic E-state index is 0.378. The van der Waals surface area contributed by atoms with Crippen molar-refractivity contribution in [1.29, 1.82) is 0 Å². The van der Waals surface area contributed by atoms with Crippen LogP contribution < -0.4 is 10.6 Å². The zero-order valence-electron chi connectivity index (χ0n) is 11.2. The molecule has 4 heteroatoms. The summed E-state index contributed by atoms with van der Waals surface area (Å²) in [7, 11) is 0. The molecule has 18 heavy (non-hydrogen) atoms. The number of hydrogen-bond donors (Lipinski definition) is 2. The van der Waals surface area contributed by atoms with Crippen molar-refractivity contribution in [2.24, 2.45) is 0 Å². The average Bonchev–Trinajstić information content (AvgIpc) is 2.37. The lowest BCUT2D eigenvalue weighted by Gasteiger charge is -2.08. The van der Waals surface area contributed by atoms with Crippen molar-refractivity contribution < 1.29 is 9.53 Å². The van der Waals surface area contributed by atoms with Crippen LogP contribution in [0.4, 0.5) is 16.2 Å². The first kappa shape index (κ1) is 14.4. The van der Waals surface area contributed by atoms with Gasteiger partial charge in [-0.1, -0.05) is 19.8 Å². The number of rotatable bonds is 7. The number of hydrogen-bond acceptors (Lipinski definition) is 3. The van der Waals surface area contributed by atoms with Crippen LogP contribution in [0.1, 0.15) is 33.1 Å². The topological polar surface area (TPSA) is 50.4 Å². The van der Waals surface area contributed by atoms with Gasteiger partial charge < -0.3 is 10.1 Å². The van der Waals surface area contributed by atoms with E-state index in [1.54, 1.807) is 6.92 Å². The van der Waals surface area contributed by atoms with Gasteiger partial charge in [-0.3, -0.25) is 5.32 Å². The molecule has 0 fully saturated rings. The zero-order valence-corrected chi connectivity index (χ0v) is 11.2. The minimum atomic E-state index is -0.416. The highest BCUT2D eigenvalue weighted by atomic mass is 16.5. The van der Waals surface area contributed by atoms with Crippen LogP contribution in [0.3, 0.4) is 0 Å². The second-order valence-electron chi connectivity index (χ2n) is 4.06. The first-order chi connectivity index (χ1) is 8.76. The largest absolute Gasteiger partial charge is 0.450 e. The van der Waals surface area contributed by atoms with E-state index in [0.29, 0.717) is 6.61 Å². The predicted molar refractivity (Wildman–Crippen MR) is 75.1 cm³/mol. The van der Waals surface area contributed by atoms with Crippen LogP contribution in [0, 0.1) is 0 Å². The first-order valence-corrected chi connectivity index (χ1v) is 6.54. The zero-order chi connectivity index (χ0) is 13.2. The fourth-order valence-corrected chi connectivity index (χ4v) is 1.56. The van der Waals surface area contributed by atoms with E-state index in [1.807, 2.05) is 24.3 Å². The molecule has 2 N–H and O–H groups in total. The lowest BCUT2D eigenvalue weighted by atomic mass is 10.2. The summed E-state index contributed by atoms with van der Waals surface area (Å²) in [6, 6.07) is 7.62. The molecule has 1 aromatic rings. The molecule has 0 aromatic heterocycles. The van der Waals surface area contributed by atoms with Gasteiger partial charge in [0.2, 0.25) is 0 Å². The third-order valence-electron chi connectivity index (χ3n) is 2.52. The number of carbonyl (C=O) groups is 1. The molecule has 0 bridgehead atoms. The van der Waals surface area contributed by atoms with E-state index < -0.39 is 6.09 Å². The number of amides is 1. The van der Waals surface area contributed by atoms with E-state index in [2.05, 4.69) is 17.6 Å². The van der Waals surface area contributed by atoms with Crippen LogP contribution in [0.25, 0.3) is 0 Å². The second-order valence-corrected chi connectivity index (χ2v) is 4.06. The van der Waals surface area contributed by atoms with Gasteiger partial charge in [-0.15, -0.1) is 0 Å². The van der Waals surface area contributed by atoms with Crippen molar-refractivity contribution in [3.63, 3.8) is 0 Å². The summed E-state index contributed by atoms with van der Waals surface area (Å²) in [5.41, 5.74) is 1.81. The molecule has 100 valence electrons. The smallest absolute Gasteiger partial charge is 0.411 e. The summed E-state index contributed by atoms with van der Waals surface area (Å²) in [6.07, 6.45) is 3.24. The van der Waals surface area contributed by atoms with E-state index in [0.717, 1.165) is 17.9 Å². The molecule has 0 spiro atoms. The Labute approximate surface area is 109 Å². The molecule has 0 radical (unpaired) electrons. The Balaban J connectivity index is 2.35. The molecule has 0 unspecified atom stereocenters. The van der Waals surface area contributed by atoms with Crippen LogP contribution in [0.5, 0.6) is 0 Å². The van der Waals surface area contributed by atoms with Crippen molar-refractivity contribution >= 4 is 17.5 Å². The highest BCUT2D eigenvalue weighted by molar-refractivity contribution is 5.84. The van der Waals surface area contributed by atoms with Crippen LogP contribution in [-0.2, 0) is 4.74 Å². The molecule has 1 rings (SSSR count). The van der Waals surface area contributed by atoms with Crippen molar-refractivity contribution in [1.82, 2.24) is 0 Å². The Morgan fingerprint density at radius 3 is 2.39 bits per heavy atom. The maximum atomic E-state index is 11.2. The van der Waals surface area contributed by atoms with E-state index in [4.69, 9.17) is 4.74 Å². The summed E-state index contributed by atoms with van der Waals surface area (Å²) in [5.74, 6) is 0. The maximum Gasteiger partial charge on any atom is 0.411 e. The Hall–Kier alpha value is -1.71. The third kappa shape index (κ3) is 5.57. The summed E-state index contributed by atoms with van der Waals surface area (Å²) in [4.78, 5) is 11.2. The molecule has 0 saturated heterocycles. The molecule has 0 aliphatic heterocycles. The molecule has 4 nitrogen and oxygen atoms in total. The third-order valence-corrected chi connectivity index (χ3v) is 2.52. The average molecular weight is 250 g/mol. The van der Waals surface area contributed by atoms with Crippen molar-refractivity contribution in [3.05, 3.63) is 24.3 Å². The summed E-state index contributed by atoms with van der Waals surface area (Å²) >= 11 is 0. The van der Waals surface area contributed by atoms with Crippen molar-refractivity contribution in [2.45, 2.75) is 33.1 Å². The molecule has 0 saturated carbocycles. The van der Waals surface area contributed by atoms with E-state index in [9.17, 15) is 4.79 Å². The van der Waals surface area contributed by atoms with Crippen molar-refractivity contribution in [3.8, 4) is 0 Å². The van der Waals surface area contributed by atoms with Gasteiger partial charge in [0.05, 0.1) is 6.61 Å². The SMILES string of the molecule is CCCCCNc1ccc(NC(=O)OCC)cc1. The van der Waals surface area contributed by atoms with Crippen LogP contribution in [-0.4, -0.2) is 19.2 Å². The Kier molecular flexibility index (Phi) is 6.69. The molecular weight excluding hydrogens is 228 g/mol. The lowest BCUT2D eigenvalue weighted by molar-refractivity contribution is 0.168. The minimum Gasteiger partial charge on any atom is -0.450 e. The van der Waals surface area contributed by atoms with Crippen LogP contribution >= 0.6 is 0 Å². The molecule has 0 aliphatic rings. The van der Waals surface area contributed by atoms with Crippen LogP contribution in [0.2, 0.25) is 0 Å². The molecule has 0 atom stereocenters. The fourth-order valence-electron chi connectivity index (χ4n) is 1.56. The molecule has 1 amide bonds. The van der Waals surface area contributed by atoms with Crippen LogP contribution in [0.15, 0.2) is 24.3 Å². The maximum absolute atomic E-state index is 11.2. The van der Waals surface area contributed by atoms with Gasteiger partial charge in [0, 0.05) is 17.9 Å². The van der Waals surface area contributed by atoms with Gasteiger partial charge in [0.25, 0.3) is 0 Å². The lowest BCUT2D eigenvalue weighted by Crippen LogP contribution is -2.13. The number of anilines is 2. The highest BCUT2D eigenvalue weighted by Crippen LogP contribution is 2.13. The summed E-state index contributed by atoms with van der Waals surface area (Å²) < 4.78 is 4.80. The molecule has 0 heterocycles. The molecule has 1 aromatic carbocycles. The highest BCUT2D eigenvalue weighted by Gasteiger charge is 2.01. The van der Waals surface area contributed by atoms with E-state index >= 15 is 0 Å². The molecule has 0 aliphatic carbocycles. The number of ether oxygens (including phenoxy) is 1. The Morgan fingerprint density at radius 1 is 1.11 bits per heavy atom. The van der Waals surface area contributed by atoms with Gasteiger partial charge in [0.1, 0.15) is 0 Å². The second kappa shape index (κ2) is 8.39. The van der Waals surface area contributed by atoms with Gasteiger partial charge >= 0.3 is 6.09 Å². The monoisotopic (exact) mass is 250 g/mol. The number of carbonyl (C=O) groups excluding carboxylic acids is 1. The number of unbranched alkanes of at least 4 members (excludes halogenated alkanes) is 2. The van der Waals surface area contributed by atoms with E-state index in [1.165, 1.54) is 19.3 Å². The number of benzene rings is 1. The molecular formula is C14H22N2O2. The van der Waals surface area contributed by atoms with E-state index in [-0.39, 0.29) is 0 Å². The van der Waals surface area contributed by atoms with Gasteiger partial charge in [-0.2, -0.15) is 0 Å². The summed E-state index contributed by atoms with van der Waals surface area (Å²) in [5, 5.41) is 6.00. The summed E-state index contributed by atoms with van der Waals surface area (Å²) in [6.45, 7) is 5.33. The standard InChI is InChI=1S/C14H22N2O2/c1-3-5-6-11-15-12-7-9-13(10-8-12)16-14(17)18-4-2/h7-10,15H,3-6,11H2,1-2H3,(H,16,17). The Morgan fingerprint density at radius 2 is 1.78 bits per heavy atom. The number of nitrogens with one attached hydrogen (secondary N) is 2. The first-order valence-electron chi connectivity index (χ1n) is 6.54. The van der Waals surface area contributed by atoms with Gasteiger partial charge in [-0.25, -0.2) is 4.79 Å².